The molecule has 41 heavy (non-hydrogen) atoms. The van der Waals surface area contributed by atoms with E-state index in [0.717, 1.165) is 11.1 Å². The fourth-order valence-electron chi connectivity index (χ4n) is 4.39. The Kier molecular flexibility index (Phi) is 8.28. The molecule has 1 atom stereocenters. The molecular weight excluding hydrogens is 544 g/mol. The summed E-state index contributed by atoms with van der Waals surface area (Å²) < 4.78 is 28.3. The number of rotatable bonds is 9. The molecule has 8 nitrogen and oxygen atoms in total. The zero-order valence-corrected chi connectivity index (χ0v) is 22.8. The number of fused-ring (bicyclic) bond motifs is 1. The molecule has 2 N–H and O–H groups in total. The maximum atomic E-state index is 12.4. The zero-order chi connectivity index (χ0) is 28.8. The highest BCUT2D eigenvalue weighted by atomic mass is 35.5. The van der Waals surface area contributed by atoms with Crippen LogP contribution in [0.4, 0.5) is 0 Å². The van der Waals surface area contributed by atoms with Crippen LogP contribution in [0.2, 0.25) is 5.02 Å². The van der Waals surface area contributed by atoms with E-state index in [-0.39, 0.29) is 23.8 Å². The van der Waals surface area contributed by atoms with E-state index < -0.39 is 11.9 Å². The molecule has 5 rings (SSSR count). The number of nitrogens with zero attached hydrogens (tertiary/aromatic N) is 1. The van der Waals surface area contributed by atoms with Crippen molar-refractivity contribution in [3.8, 4) is 34.8 Å². The molecule has 0 radical (unpaired) electrons. The Morgan fingerprint density at radius 1 is 0.951 bits per heavy atom. The van der Waals surface area contributed by atoms with Gasteiger partial charge in [0.2, 0.25) is 5.88 Å². The van der Waals surface area contributed by atoms with Crippen molar-refractivity contribution in [3.05, 3.63) is 124 Å². The Balaban J connectivity index is 1.35. The number of nitrogens with two attached hydrogens (primary N) is 1. The van der Waals surface area contributed by atoms with Crippen molar-refractivity contribution in [1.29, 1.82) is 5.26 Å². The minimum atomic E-state index is -0.607. The molecule has 1 aliphatic rings. The maximum absolute atomic E-state index is 12.4. The van der Waals surface area contributed by atoms with Crippen LogP contribution in [0.1, 0.15) is 22.6 Å². The summed E-state index contributed by atoms with van der Waals surface area (Å²) in [5.74, 6) is 0.962. The number of hydrogen-bond donors (Lipinski definition) is 1. The molecule has 0 aliphatic carbocycles. The van der Waals surface area contributed by atoms with Crippen molar-refractivity contribution in [1.82, 2.24) is 0 Å². The van der Waals surface area contributed by atoms with Gasteiger partial charge in [0.15, 0.2) is 18.1 Å². The summed E-state index contributed by atoms with van der Waals surface area (Å²) in [5.41, 5.74) is 8.85. The highest BCUT2D eigenvalue weighted by Crippen LogP contribution is 2.45. The summed E-state index contributed by atoms with van der Waals surface area (Å²) >= 11 is 5.87. The Morgan fingerprint density at radius 3 is 2.44 bits per heavy atom. The number of carbonyl (C=O) groups excluding carboxylic acids is 1. The molecule has 0 fully saturated rings. The van der Waals surface area contributed by atoms with Crippen LogP contribution in [0.25, 0.3) is 0 Å². The van der Waals surface area contributed by atoms with Gasteiger partial charge in [0, 0.05) is 16.7 Å². The van der Waals surface area contributed by atoms with Gasteiger partial charge in [-0.3, -0.25) is 0 Å². The lowest BCUT2D eigenvalue weighted by atomic mass is 9.83. The lowest BCUT2D eigenvalue weighted by molar-refractivity contribution is -0.136. The van der Waals surface area contributed by atoms with Crippen LogP contribution < -0.4 is 29.4 Å². The average Bonchev–Trinajstić information content (AvgIpc) is 2.99. The predicted molar refractivity (Wildman–Crippen MR) is 152 cm³/mol. The van der Waals surface area contributed by atoms with E-state index >= 15 is 0 Å². The Labute approximate surface area is 242 Å². The largest absolute Gasteiger partial charge is 0.493 e. The molecule has 4 aromatic carbocycles. The van der Waals surface area contributed by atoms with Gasteiger partial charge in [-0.15, -0.1) is 0 Å². The summed E-state index contributed by atoms with van der Waals surface area (Å²) in [5, 5.41) is 10.5. The van der Waals surface area contributed by atoms with Crippen LogP contribution in [0.3, 0.4) is 0 Å². The summed E-state index contributed by atoms with van der Waals surface area (Å²) in [6, 6.07) is 29.0. The van der Waals surface area contributed by atoms with E-state index in [0.29, 0.717) is 40.2 Å². The second-order valence-corrected chi connectivity index (χ2v) is 9.46. The minimum Gasteiger partial charge on any atom is -0.493 e. The van der Waals surface area contributed by atoms with Crippen LogP contribution in [-0.4, -0.2) is 19.7 Å². The van der Waals surface area contributed by atoms with Gasteiger partial charge in [0.1, 0.15) is 35.5 Å². The van der Waals surface area contributed by atoms with Crippen LogP contribution in [0.5, 0.6) is 28.7 Å². The van der Waals surface area contributed by atoms with Gasteiger partial charge in [-0.25, -0.2) is 4.79 Å². The number of hydrogen-bond acceptors (Lipinski definition) is 8. The quantitative estimate of drug-likeness (QED) is 0.189. The lowest BCUT2D eigenvalue weighted by Crippen LogP contribution is -2.21. The fourth-order valence-corrected chi connectivity index (χ4v) is 4.52. The van der Waals surface area contributed by atoms with Crippen molar-refractivity contribution >= 4 is 17.6 Å². The number of esters is 1. The number of halogens is 1. The molecule has 1 heterocycles. The lowest BCUT2D eigenvalue weighted by Gasteiger charge is -2.27. The smallest absolute Gasteiger partial charge is 0.349 e. The summed E-state index contributed by atoms with van der Waals surface area (Å²) in [6.07, 6.45) is 0. The summed E-state index contributed by atoms with van der Waals surface area (Å²) in [4.78, 5) is 12.4. The monoisotopic (exact) mass is 568 g/mol. The minimum absolute atomic E-state index is 0.0390. The molecule has 1 unspecified atom stereocenters. The van der Waals surface area contributed by atoms with Crippen molar-refractivity contribution in [2.45, 2.75) is 12.5 Å². The average molecular weight is 569 g/mol. The van der Waals surface area contributed by atoms with Crippen LogP contribution in [0.15, 0.2) is 102 Å². The second-order valence-electron chi connectivity index (χ2n) is 9.03. The SMILES string of the molecule is COc1cc(C2C(C#N)=C(N)Oc3cc(OC(=O)COc4ccc(Cl)cc4)ccc32)ccc1OCc1ccccc1. The van der Waals surface area contributed by atoms with E-state index in [2.05, 4.69) is 6.07 Å². The van der Waals surface area contributed by atoms with Crippen molar-refractivity contribution in [2.75, 3.05) is 13.7 Å². The van der Waals surface area contributed by atoms with Crippen molar-refractivity contribution in [3.63, 3.8) is 0 Å². The maximum Gasteiger partial charge on any atom is 0.349 e. The molecular formula is C32H25ClN2O6. The van der Waals surface area contributed by atoms with Gasteiger partial charge in [0.05, 0.1) is 13.0 Å². The van der Waals surface area contributed by atoms with Gasteiger partial charge >= 0.3 is 5.97 Å². The molecule has 206 valence electrons. The van der Waals surface area contributed by atoms with E-state index in [9.17, 15) is 10.1 Å². The van der Waals surface area contributed by atoms with Gasteiger partial charge < -0.3 is 29.4 Å². The Morgan fingerprint density at radius 2 is 1.71 bits per heavy atom. The van der Waals surface area contributed by atoms with Crippen molar-refractivity contribution < 1.29 is 28.5 Å². The van der Waals surface area contributed by atoms with Gasteiger partial charge in [0.25, 0.3) is 0 Å². The first-order valence-corrected chi connectivity index (χ1v) is 13.0. The Bertz CT molecular complexity index is 1630. The predicted octanol–water partition coefficient (Wildman–Crippen LogP) is 6.13. The Hall–Kier alpha value is -5.13. The standard InChI is InChI=1S/C32H25ClN2O6/c1-37-29-15-21(7-14-27(29)39-18-20-5-3-2-4-6-20)31-25-13-12-24(16-28(25)41-32(35)26(31)17-34)40-30(36)19-38-23-10-8-22(33)9-11-23/h2-16,31H,18-19,35H2,1H3. The molecule has 0 saturated carbocycles. The van der Waals surface area contributed by atoms with Gasteiger partial charge in [-0.2, -0.15) is 5.26 Å². The van der Waals surface area contributed by atoms with E-state index in [4.69, 9.17) is 41.0 Å². The molecule has 0 saturated heterocycles. The number of benzene rings is 4. The molecule has 0 bridgehead atoms. The normalized spacial score (nSPS) is 13.8. The van der Waals surface area contributed by atoms with Crippen molar-refractivity contribution in [2.24, 2.45) is 5.73 Å². The van der Waals surface area contributed by atoms with Gasteiger partial charge in [-0.05, 0) is 53.6 Å². The highest BCUT2D eigenvalue weighted by Gasteiger charge is 2.32. The number of ether oxygens (including phenoxy) is 5. The first-order chi connectivity index (χ1) is 19.9. The molecule has 4 aromatic rings. The first-order valence-electron chi connectivity index (χ1n) is 12.6. The highest BCUT2D eigenvalue weighted by molar-refractivity contribution is 6.30. The van der Waals surface area contributed by atoms with E-state index in [1.807, 2.05) is 42.5 Å². The third-order valence-electron chi connectivity index (χ3n) is 6.35. The molecule has 1 aliphatic heterocycles. The third-order valence-corrected chi connectivity index (χ3v) is 6.60. The number of methoxy groups -OCH3 is 1. The van der Waals surface area contributed by atoms with Gasteiger partial charge in [-0.1, -0.05) is 54.1 Å². The number of allylic oxidation sites excluding steroid dienone is 1. The molecule has 9 heteroatoms. The fraction of sp³-hybridized carbons (Fsp3) is 0.125. The topological polar surface area (TPSA) is 113 Å². The molecule has 0 amide bonds. The molecule has 0 spiro atoms. The zero-order valence-electron chi connectivity index (χ0n) is 22.0. The second kappa shape index (κ2) is 12.4. The van der Waals surface area contributed by atoms with Crippen LogP contribution in [-0.2, 0) is 11.4 Å². The number of nitriles is 1. The third kappa shape index (κ3) is 6.38. The van der Waals surface area contributed by atoms with E-state index in [1.54, 1.807) is 55.6 Å². The van der Waals surface area contributed by atoms with E-state index in [1.165, 1.54) is 0 Å². The summed E-state index contributed by atoms with van der Waals surface area (Å²) in [7, 11) is 1.55. The summed E-state index contributed by atoms with van der Waals surface area (Å²) in [6.45, 7) is 0.0699. The van der Waals surface area contributed by atoms with Crippen LogP contribution in [0, 0.1) is 11.3 Å². The molecule has 0 aromatic heterocycles. The first kappa shape index (κ1) is 27.4. The number of carbonyl (C=O) groups is 1. The van der Waals surface area contributed by atoms with Crippen LogP contribution >= 0.6 is 11.6 Å².